The Morgan fingerprint density at radius 3 is 2.25 bits per heavy atom. The van der Waals surface area contributed by atoms with Crippen LogP contribution >= 0.6 is 0 Å². The second-order valence-corrected chi connectivity index (χ2v) is 5.97. The van der Waals surface area contributed by atoms with E-state index in [0.29, 0.717) is 0 Å². The summed E-state index contributed by atoms with van der Waals surface area (Å²) in [7, 11) is 0. The minimum atomic E-state index is 0.802. The lowest BCUT2D eigenvalue weighted by molar-refractivity contribution is 0.915. The first-order valence-electron chi connectivity index (χ1n) is 7.41. The van der Waals surface area contributed by atoms with Crippen molar-refractivity contribution in [3.63, 3.8) is 0 Å². The predicted octanol–water partition coefficient (Wildman–Crippen LogP) is 5.63. The molecule has 3 aromatic carbocycles. The first-order valence-corrected chi connectivity index (χ1v) is 7.41. The highest BCUT2D eigenvalue weighted by Gasteiger charge is 2.33. The third-order valence-corrected chi connectivity index (χ3v) is 4.55. The quantitative estimate of drug-likeness (QED) is 0.558. The van der Waals surface area contributed by atoms with Gasteiger partial charge in [0.2, 0.25) is 0 Å². The third kappa shape index (κ3) is 1.92. The van der Waals surface area contributed by atoms with E-state index in [1.54, 1.807) is 0 Å². The fraction of sp³-hybridized carbons (Fsp3) is 0.200. The molecule has 0 amide bonds. The van der Waals surface area contributed by atoms with E-state index in [4.69, 9.17) is 0 Å². The van der Waals surface area contributed by atoms with Gasteiger partial charge in [0.05, 0.1) is 0 Å². The number of hydrogen-bond acceptors (Lipinski definition) is 0. The largest absolute Gasteiger partial charge is 0.0619 e. The van der Waals surface area contributed by atoms with E-state index in [2.05, 4.69) is 73.7 Å². The molecule has 20 heavy (non-hydrogen) atoms. The SMILES string of the molecule is CC1CC1c1ccc(-c2cccc3ccccc23)cc1. The Labute approximate surface area is 120 Å². The molecule has 98 valence electrons. The molecule has 0 aromatic heterocycles. The van der Waals surface area contributed by atoms with E-state index in [9.17, 15) is 0 Å². The van der Waals surface area contributed by atoms with Crippen LogP contribution in [0, 0.1) is 5.92 Å². The standard InChI is InChI=1S/C20H18/c1-14-13-20(14)17-11-9-16(10-12-17)19-8-4-6-15-5-2-3-7-18(15)19/h2-12,14,20H,13H2,1H3. The zero-order valence-electron chi connectivity index (χ0n) is 11.7. The normalized spacial score (nSPS) is 21.1. The van der Waals surface area contributed by atoms with Crippen LogP contribution in [-0.2, 0) is 0 Å². The summed E-state index contributed by atoms with van der Waals surface area (Å²) >= 11 is 0. The molecule has 1 aliphatic carbocycles. The van der Waals surface area contributed by atoms with Crippen molar-refractivity contribution in [3.05, 3.63) is 72.3 Å². The lowest BCUT2D eigenvalue weighted by Gasteiger charge is -2.08. The summed E-state index contributed by atoms with van der Waals surface area (Å²) in [6.45, 7) is 2.34. The second kappa shape index (κ2) is 4.49. The zero-order chi connectivity index (χ0) is 13.5. The average molecular weight is 258 g/mol. The molecule has 0 nitrogen and oxygen atoms in total. The third-order valence-electron chi connectivity index (χ3n) is 4.55. The highest BCUT2D eigenvalue weighted by atomic mass is 14.4. The molecule has 0 aliphatic heterocycles. The minimum absolute atomic E-state index is 0.802. The van der Waals surface area contributed by atoms with Crippen molar-refractivity contribution in [2.24, 2.45) is 5.92 Å². The van der Waals surface area contributed by atoms with Gasteiger partial charge in [-0.2, -0.15) is 0 Å². The monoisotopic (exact) mass is 258 g/mol. The van der Waals surface area contributed by atoms with Crippen molar-refractivity contribution >= 4 is 10.8 Å². The fourth-order valence-electron chi connectivity index (χ4n) is 3.17. The van der Waals surface area contributed by atoms with Gasteiger partial charge in [0.25, 0.3) is 0 Å². The predicted molar refractivity (Wildman–Crippen MR) is 85.9 cm³/mol. The smallest absolute Gasteiger partial charge is 0.0105 e. The van der Waals surface area contributed by atoms with Crippen LogP contribution in [0.3, 0.4) is 0 Å². The van der Waals surface area contributed by atoms with Crippen LogP contribution in [0.15, 0.2) is 66.7 Å². The first-order chi connectivity index (χ1) is 9.83. The summed E-state index contributed by atoms with van der Waals surface area (Å²) in [4.78, 5) is 0. The van der Waals surface area contributed by atoms with Crippen LogP contribution in [0.1, 0.15) is 24.8 Å². The topological polar surface area (TPSA) is 0 Å². The summed E-state index contributed by atoms with van der Waals surface area (Å²) < 4.78 is 0. The Bertz CT molecular complexity index is 747. The van der Waals surface area contributed by atoms with E-state index in [1.807, 2.05) is 0 Å². The first kappa shape index (κ1) is 11.7. The lowest BCUT2D eigenvalue weighted by Crippen LogP contribution is -1.84. The fourth-order valence-corrected chi connectivity index (χ4v) is 3.17. The van der Waals surface area contributed by atoms with Gasteiger partial charge in [-0.25, -0.2) is 0 Å². The van der Waals surface area contributed by atoms with Gasteiger partial charge in [0.15, 0.2) is 0 Å². The van der Waals surface area contributed by atoms with Gasteiger partial charge in [0.1, 0.15) is 0 Å². The van der Waals surface area contributed by atoms with Crippen LogP contribution in [-0.4, -0.2) is 0 Å². The average Bonchev–Trinajstić information content (AvgIpc) is 3.24. The Balaban J connectivity index is 1.79. The molecule has 1 aliphatic rings. The van der Waals surface area contributed by atoms with Gasteiger partial charge in [-0.05, 0) is 45.7 Å². The molecule has 0 heterocycles. The van der Waals surface area contributed by atoms with Crippen molar-refractivity contribution in [1.82, 2.24) is 0 Å². The molecule has 2 unspecified atom stereocenters. The summed E-state index contributed by atoms with van der Waals surface area (Å²) in [5, 5.41) is 2.65. The molecule has 2 atom stereocenters. The molecule has 4 rings (SSSR count). The molecule has 0 radical (unpaired) electrons. The molecule has 0 spiro atoms. The highest BCUT2D eigenvalue weighted by Crippen LogP contribution is 2.47. The number of hydrogen-bond donors (Lipinski definition) is 0. The van der Waals surface area contributed by atoms with Crippen LogP contribution < -0.4 is 0 Å². The van der Waals surface area contributed by atoms with Gasteiger partial charge in [0, 0.05) is 0 Å². The van der Waals surface area contributed by atoms with Crippen LogP contribution in [0.5, 0.6) is 0 Å². The van der Waals surface area contributed by atoms with Crippen LogP contribution in [0.2, 0.25) is 0 Å². The maximum Gasteiger partial charge on any atom is -0.0105 e. The van der Waals surface area contributed by atoms with E-state index in [1.165, 1.54) is 33.9 Å². The lowest BCUT2D eigenvalue weighted by atomic mass is 9.97. The van der Waals surface area contributed by atoms with E-state index in [-0.39, 0.29) is 0 Å². The summed E-state index contributed by atoms with van der Waals surface area (Å²) in [6.07, 6.45) is 1.35. The van der Waals surface area contributed by atoms with E-state index < -0.39 is 0 Å². The van der Waals surface area contributed by atoms with Crippen molar-refractivity contribution in [2.45, 2.75) is 19.3 Å². The molecule has 1 fully saturated rings. The molecule has 0 N–H and O–H groups in total. The van der Waals surface area contributed by atoms with Crippen LogP contribution in [0.25, 0.3) is 21.9 Å². The maximum absolute atomic E-state index is 2.34. The summed E-state index contributed by atoms with van der Waals surface area (Å²) in [6, 6.07) is 24.3. The molecule has 0 bridgehead atoms. The number of benzene rings is 3. The van der Waals surface area contributed by atoms with Crippen molar-refractivity contribution in [1.29, 1.82) is 0 Å². The Morgan fingerprint density at radius 1 is 0.800 bits per heavy atom. The Hall–Kier alpha value is -2.08. The van der Waals surface area contributed by atoms with Gasteiger partial charge in [-0.1, -0.05) is 73.7 Å². The molecular formula is C20H18. The van der Waals surface area contributed by atoms with Gasteiger partial charge in [-0.15, -0.1) is 0 Å². The highest BCUT2D eigenvalue weighted by molar-refractivity contribution is 5.96. The molecule has 1 saturated carbocycles. The van der Waals surface area contributed by atoms with Crippen LogP contribution in [0.4, 0.5) is 0 Å². The Morgan fingerprint density at radius 2 is 1.50 bits per heavy atom. The molecular weight excluding hydrogens is 240 g/mol. The summed E-state index contributed by atoms with van der Waals surface area (Å²) in [5.41, 5.74) is 4.15. The van der Waals surface area contributed by atoms with E-state index >= 15 is 0 Å². The number of rotatable bonds is 2. The minimum Gasteiger partial charge on any atom is -0.0619 e. The Kier molecular flexibility index (Phi) is 2.63. The van der Waals surface area contributed by atoms with E-state index in [0.717, 1.165) is 11.8 Å². The number of fused-ring (bicyclic) bond motifs is 1. The van der Waals surface area contributed by atoms with Crippen molar-refractivity contribution in [3.8, 4) is 11.1 Å². The van der Waals surface area contributed by atoms with Crippen molar-refractivity contribution < 1.29 is 0 Å². The maximum atomic E-state index is 2.34. The molecule has 0 saturated heterocycles. The molecule has 3 aromatic rings. The van der Waals surface area contributed by atoms with Crippen molar-refractivity contribution in [2.75, 3.05) is 0 Å². The summed E-state index contributed by atoms with van der Waals surface area (Å²) in [5.74, 6) is 1.68. The van der Waals surface area contributed by atoms with Gasteiger partial charge < -0.3 is 0 Å². The zero-order valence-corrected chi connectivity index (χ0v) is 11.7. The second-order valence-electron chi connectivity index (χ2n) is 5.97. The van der Waals surface area contributed by atoms with Gasteiger partial charge >= 0.3 is 0 Å². The van der Waals surface area contributed by atoms with Gasteiger partial charge in [-0.3, -0.25) is 0 Å². The molecule has 0 heteroatoms.